The Morgan fingerprint density at radius 1 is 1.25 bits per heavy atom. The average molecular weight is 429 g/mol. The van der Waals surface area contributed by atoms with E-state index in [9.17, 15) is 13.2 Å². The van der Waals surface area contributed by atoms with Gasteiger partial charge in [-0.15, -0.1) is 0 Å². The Morgan fingerprint density at radius 3 is 2.64 bits per heavy atom. The number of hydrogen-bond acceptors (Lipinski definition) is 3. The average Bonchev–Trinajstić information content (AvgIpc) is 3.42. The van der Waals surface area contributed by atoms with E-state index in [1.54, 1.807) is 24.3 Å². The quantitative estimate of drug-likeness (QED) is 0.517. The molecule has 1 aromatic carbocycles. The second kappa shape index (κ2) is 8.00. The van der Waals surface area contributed by atoms with Crippen molar-refractivity contribution in [3.8, 4) is 0 Å². The van der Waals surface area contributed by atoms with E-state index in [0.717, 1.165) is 30.9 Å². The number of aromatic nitrogens is 2. The molecule has 2 aromatic rings. The van der Waals surface area contributed by atoms with Gasteiger partial charge >= 0.3 is 6.18 Å². The van der Waals surface area contributed by atoms with E-state index >= 15 is 0 Å². The second-order valence-electron chi connectivity index (χ2n) is 7.00. The van der Waals surface area contributed by atoms with Crippen LogP contribution in [0.4, 0.5) is 24.8 Å². The number of alkyl halides is 3. The van der Waals surface area contributed by atoms with Gasteiger partial charge in [0, 0.05) is 29.0 Å². The summed E-state index contributed by atoms with van der Waals surface area (Å²) in [5, 5.41) is 6.58. The lowest BCUT2D eigenvalue weighted by Gasteiger charge is -2.26. The first kappa shape index (κ1) is 19.7. The Hall–Kier alpha value is -1.64. The summed E-state index contributed by atoms with van der Waals surface area (Å²) in [6, 6.07) is 6.69. The van der Waals surface area contributed by atoms with E-state index in [-0.39, 0.29) is 22.0 Å². The molecule has 2 heterocycles. The fraction of sp³-hybridized carbons (Fsp3) is 0.421. The molecular weight excluding hydrogens is 409 g/mol. The predicted octanol–water partition coefficient (Wildman–Crippen LogP) is 5.04. The SMILES string of the molecule is FC(F)(F)c1nc(Nc2cccc(Cl)c2)ncc1C(NCC1CCC1)=S1CC1. The lowest BCUT2D eigenvalue weighted by Crippen LogP contribution is -2.34. The van der Waals surface area contributed by atoms with Crippen molar-refractivity contribution in [2.24, 2.45) is 5.92 Å². The highest BCUT2D eigenvalue weighted by atomic mass is 35.5. The first-order chi connectivity index (χ1) is 13.4. The maximum Gasteiger partial charge on any atom is 0.434 e. The minimum Gasteiger partial charge on any atom is -0.324 e. The van der Waals surface area contributed by atoms with E-state index in [1.165, 1.54) is 12.6 Å². The zero-order valence-electron chi connectivity index (χ0n) is 15.0. The molecular formula is C19H20ClF3N4S. The number of halogens is 4. The molecule has 1 saturated carbocycles. The van der Waals surface area contributed by atoms with Gasteiger partial charge in [-0.3, -0.25) is 5.32 Å². The third-order valence-electron chi connectivity index (χ3n) is 4.86. The third kappa shape index (κ3) is 4.67. The van der Waals surface area contributed by atoms with Crippen molar-refractivity contribution in [2.45, 2.75) is 25.4 Å². The summed E-state index contributed by atoms with van der Waals surface area (Å²) >= 11 is 5.93. The lowest BCUT2D eigenvalue weighted by atomic mass is 9.85. The summed E-state index contributed by atoms with van der Waals surface area (Å²) in [6.45, 7) is 0.721. The topological polar surface area (TPSA) is 49.8 Å². The number of anilines is 2. The van der Waals surface area contributed by atoms with Gasteiger partial charge < -0.3 is 5.32 Å². The van der Waals surface area contributed by atoms with E-state index in [2.05, 4.69) is 20.6 Å². The van der Waals surface area contributed by atoms with Crippen LogP contribution in [0, 0.1) is 5.92 Å². The third-order valence-corrected chi connectivity index (χ3v) is 6.85. The van der Waals surface area contributed by atoms with Crippen molar-refractivity contribution in [3.63, 3.8) is 0 Å². The Balaban J connectivity index is 1.64. The molecule has 0 radical (unpaired) electrons. The van der Waals surface area contributed by atoms with Crippen LogP contribution in [0.3, 0.4) is 0 Å². The van der Waals surface area contributed by atoms with Gasteiger partial charge in [0.25, 0.3) is 0 Å². The summed E-state index contributed by atoms with van der Waals surface area (Å²) in [6.07, 6.45) is 0.204. The standard InChI is InChI=1S/C19H20ClF3N4S/c20-13-5-2-6-14(9-13)26-18-25-11-15(16(27-18)19(21,22)23)17(28-7-8-28)24-10-12-3-1-4-12/h2,5-6,9,11-12,24H,1,3-4,7-8,10H2,(H,25,26,27). The van der Waals surface area contributed by atoms with Gasteiger partial charge in [-0.1, -0.05) is 24.1 Å². The van der Waals surface area contributed by atoms with Crippen molar-refractivity contribution in [1.82, 2.24) is 15.3 Å². The van der Waals surface area contributed by atoms with Gasteiger partial charge in [0.1, 0.15) is 0 Å². The minimum absolute atomic E-state index is 0.0734. The van der Waals surface area contributed by atoms with Gasteiger partial charge in [-0.05, 0) is 48.5 Å². The van der Waals surface area contributed by atoms with Crippen LogP contribution >= 0.6 is 22.1 Å². The molecule has 4 rings (SSSR count). The Kier molecular flexibility index (Phi) is 5.62. The highest BCUT2D eigenvalue weighted by molar-refractivity contribution is 8.22. The Labute approximate surface area is 168 Å². The fourth-order valence-electron chi connectivity index (χ4n) is 3.05. The van der Waals surface area contributed by atoms with Crippen LogP contribution in [0.25, 0.3) is 0 Å². The molecule has 2 N–H and O–H groups in total. The largest absolute Gasteiger partial charge is 0.434 e. The number of nitrogens with zero attached hydrogens (tertiary/aromatic N) is 2. The first-order valence-corrected chi connectivity index (χ1v) is 11.1. The summed E-state index contributed by atoms with van der Waals surface area (Å²) in [5.41, 5.74) is -0.295. The maximum absolute atomic E-state index is 13.8. The summed E-state index contributed by atoms with van der Waals surface area (Å²) < 4.78 is 41.3. The molecule has 0 amide bonds. The molecule has 0 bridgehead atoms. The number of hydrogen-bond donors (Lipinski definition) is 2. The van der Waals surface area contributed by atoms with Gasteiger partial charge in [0.15, 0.2) is 5.69 Å². The zero-order chi connectivity index (χ0) is 19.7. The van der Waals surface area contributed by atoms with Gasteiger partial charge in [-0.2, -0.15) is 23.7 Å². The molecule has 1 aliphatic heterocycles. The van der Waals surface area contributed by atoms with Gasteiger partial charge in [-0.25, -0.2) is 9.97 Å². The predicted molar refractivity (Wildman–Crippen MR) is 109 cm³/mol. The summed E-state index contributed by atoms with van der Waals surface area (Å²) in [7, 11) is -0.154. The smallest absolute Gasteiger partial charge is 0.324 e. The van der Waals surface area contributed by atoms with Crippen LogP contribution in [0.2, 0.25) is 5.02 Å². The fourth-order valence-corrected chi connectivity index (χ4v) is 4.73. The molecule has 1 saturated heterocycles. The monoisotopic (exact) mass is 428 g/mol. The van der Waals surface area contributed by atoms with Crippen LogP contribution < -0.4 is 10.6 Å². The molecule has 150 valence electrons. The molecule has 2 fully saturated rings. The lowest BCUT2D eigenvalue weighted by molar-refractivity contribution is -0.141. The van der Waals surface area contributed by atoms with Crippen molar-refractivity contribution >= 4 is 38.7 Å². The molecule has 4 nitrogen and oxygen atoms in total. The Morgan fingerprint density at radius 2 is 2.04 bits per heavy atom. The van der Waals surface area contributed by atoms with Gasteiger partial charge in [0.2, 0.25) is 5.95 Å². The Bertz CT molecular complexity index is 906. The van der Waals surface area contributed by atoms with Crippen molar-refractivity contribution in [3.05, 3.63) is 46.7 Å². The highest BCUT2D eigenvalue weighted by Gasteiger charge is 2.38. The molecule has 0 spiro atoms. The van der Waals surface area contributed by atoms with Crippen LogP contribution in [0.1, 0.15) is 30.5 Å². The number of rotatable bonds is 5. The van der Waals surface area contributed by atoms with Gasteiger partial charge in [0.05, 0.1) is 4.99 Å². The van der Waals surface area contributed by atoms with Crippen LogP contribution in [-0.4, -0.2) is 33.0 Å². The maximum atomic E-state index is 13.8. The molecule has 1 aromatic heterocycles. The summed E-state index contributed by atoms with van der Waals surface area (Å²) in [4.78, 5) is 8.62. The zero-order valence-corrected chi connectivity index (χ0v) is 16.6. The van der Waals surface area contributed by atoms with Crippen molar-refractivity contribution in [1.29, 1.82) is 0 Å². The van der Waals surface area contributed by atoms with E-state index in [0.29, 0.717) is 21.6 Å². The number of nitrogens with one attached hydrogen (secondary N) is 2. The van der Waals surface area contributed by atoms with E-state index in [4.69, 9.17) is 11.6 Å². The molecule has 28 heavy (non-hydrogen) atoms. The molecule has 0 unspecified atom stereocenters. The molecule has 1 aliphatic carbocycles. The molecule has 0 atom stereocenters. The summed E-state index contributed by atoms with van der Waals surface area (Å²) in [5.74, 6) is 2.30. The number of benzene rings is 1. The van der Waals surface area contributed by atoms with Crippen LogP contribution in [-0.2, 0) is 6.18 Å². The van der Waals surface area contributed by atoms with Crippen LogP contribution in [0.5, 0.6) is 0 Å². The van der Waals surface area contributed by atoms with Crippen LogP contribution in [0.15, 0.2) is 30.5 Å². The minimum atomic E-state index is -4.56. The normalized spacial score (nSPS) is 17.3. The molecule has 2 aliphatic rings. The highest BCUT2D eigenvalue weighted by Crippen LogP contribution is 2.37. The van der Waals surface area contributed by atoms with E-state index < -0.39 is 11.9 Å². The van der Waals surface area contributed by atoms with Crippen molar-refractivity contribution in [2.75, 3.05) is 23.4 Å². The van der Waals surface area contributed by atoms with E-state index in [1.807, 2.05) is 0 Å². The second-order valence-corrected chi connectivity index (χ2v) is 9.64. The molecule has 9 heteroatoms. The van der Waals surface area contributed by atoms with Crippen molar-refractivity contribution < 1.29 is 13.2 Å². The first-order valence-electron chi connectivity index (χ1n) is 9.15.